The van der Waals surface area contributed by atoms with E-state index in [4.69, 9.17) is 11.6 Å². The van der Waals surface area contributed by atoms with Gasteiger partial charge in [0.05, 0.1) is 5.02 Å². The van der Waals surface area contributed by atoms with Crippen molar-refractivity contribution in [2.45, 2.75) is 38.6 Å². The van der Waals surface area contributed by atoms with Gasteiger partial charge < -0.3 is 10.4 Å². The Balaban J connectivity index is 2.12. The van der Waals surface area contributed by atoms with Gasteiger partial charge in [-0.2, -0.15) is 0 Å². The molecule has 1 aromatic carbocycles. The van der Waals surface area contributed by atoms with E-state index >= 15 is 0 Å². The van der Waals surface area contributed by atoms with Crippen molar-refractivity contribution in [1.82, 2.24) is 10.2 Å². The van der Waals surface area contributed by atoms with Crippen LogP contribution < -0.4 is 5.32 Å². The summed E-state index contributed by atoms with van der Waals surface area (Å²) in [6.45, 7) is 6.49. The molecule has 2 rings (SSSR count). The van der Waals surface area contributed by atoms with Gasteiger partial charge in [-0.1, -0.05) is 43.9 Å². The minimum Gasteiger partial charge on any atom is -0.506 e. The molecule has 112 valence electrons. The number of hydrogen-bond acceptors (Lipinski definition) is 3. The third-order valence-corrected chi connectivity index (χ3v) is 4.33. The first-order chi connectivity index (χ1) is 9.72. The van der Waals surface area contributed by atoms with Crippen LogP contribution in [0.15, 0.2) is 18.2 Å². The second kappa shape index (κ2) is 7.87. The van der Waals surface area contributed by atoms with E-state index in [1.807, 2.05) is 12.1 Å². The Labute approximate surface area is 126 Å². The summed E-state index contributed by atoms with van der Waals surface area (Å²) in [6, 6.07) is 6.07. The maximum atomic E-state index is 9.59. The highest BCUT2D eigenvalue weighted by Crippen LogP contribution is 2.32. The fraction of sp³-hybridized carbons (Fsp3) is 0.625. The van der Waals surface area contributed by atoms with Gasteiger partial charge in [0.1, 0.15) is 5.75 Å². The maximum Gasteiger partial charge on any atom is 0.134 e. The summed E-state index contributed by atoms with van der Waals surface area (Å²) in [7, 11) is 0. The zero-order valence-corrected chi connectivity index (χ0v) is 13.0. The Morgan fingerprint density at radius 1 is 1.30 bits per heavy atom. The van der Waals surface area contributed by atoms with Crippen LogP contribution in [0.25, 0.3) is 0 Å². The van der Waals surface area contributed by atoms with E-state index in [0.717, 1.165) is 32.6 Å². The summed E-state index contributed by atoms with van der Waals surface area (Å²) in [5.41, 5.74) is 1.23. The lowest BCUT2D eigenvalue weighted by atomic mass is 9.98. The van der Waals surface area contributed by atoms with E-state index in [2.05, 4.69) is 17.1 Å². The molecule has 1 aromatic rings. The van der Waals surface area contributed by atoms with E-state index in [1.165, 1.54) is 24.8 Å². The molecule has 0 bridgehead atoms. The molecule has 1 saturated heterocycles. The van der Waals surface area contributed by atoms with E-state index in [1.54, 1.807) is 6.07 Å². The molecule has 20 heavy (non-hydrogen) atoms. The van der Waals surface area contributed by atoms with Gasteiger partial charge in [0.2, 0.25) is 0 Å². The van der Waals surface area contributed by atoms with E-state index in [9.17, 15) is 5.11 Å². The molecule has 3 nitrogen and oxygen atoms in total. The van der Waals surface area contributed by atoms with Gasteiger partial charge in [0, 0.05) is 32.2 Å². The number of nitrogens with one attached hydrogen (secondary N) is 1. The highest BCUT2D eigenvalue weighted by atomic mass is 35.5. The monoisotopic (exact) mass is 296 g/mol. The van der Waals surface area contributed by atoms with Crippen molar-refractivity contribution in [2.24, 2.45) is 0 Å². The molecule has 4 heteroatoms. The molecule has 1 fully saturated rings. The Morgan fingerprint density at radius 2 is 2.05 bits per heavy atom. The number of nitrogens with zero attached hydrogens (tertiary/aromatic N) is 1. The second-order valence-corrected chi connectivity index (χ2v) is 5.92. The smallest absolute Gasteiger partial charge is 0.134 e. The van der Waals surface area contributed by atoms with Crippen LogP contribution in [0, 0.1) is 0 Å². The molecule has 0 spiro atoms. The Hall–Kier alpha value is -0.770. The summed E-state index contributed by atoms with van der Waals surface area (Å²) in [4.78, 5) is 2.54. The zero-order valence-electron chi connectivity index (χ0n) is 12.2. The normalized spacial score (nSPS) is 18.1. The standard InChI is InChI=1S/C16H25ClN2O/c1-2-3-4-5-15(19-10-8-18-9-11-19)13-6-7-16(20)14(17)12-13/h6-7,12,15,18,20H,2-5,8-11H2,1H3/t15-/m1/s1. The topological polar surface area (TPSA) is 35.5 Å². The average molecular weight is 297 g/mol. The predicted octanol–water partition coefficient (Wildman–Crippen LogP) is 3.57. The molecule has 0 saturated carbocycles. The highest BCUT2D eigenvalue weighted by Gasteiger charge is 2.22. The van der Waals surface area contributed by atoms with Gasteiger partial charge in [0.15, 0.2) is 0 Å². The first-order valence-electron chi connectivity index (χ1n) is 7.65. The number of aromatic hydroxyl groups is 1. The molecule has 1 heterocycles. The molecular formula is C16H25ClN2O. The summed E-state index contributed by atoms with van der Waals surface area (Å²) >= 11 is 6.08. The van der Waals surface area contributed by atoms with E-state index in [0.29, 0.717) is 11.1 Å². The Kier molecular flexibility index (Phi) is 6.14. The third kappa shape index (κ3) is 4.11. The van der Waals surface area contributed by atoms with Crippen LogP contribution in [0.4, 0.5) is 0 Å². The lowest BCUT2D eigenvalue weighted by molar-refractivity contribution is 0.162. The van der Waals surface area contributed by atoms with Gasteiger partial charge in [-0.25, -0.2) is 0 Å². The number of hydrogen-bond donors (Lipinski definition) is 2. The molecule has 1 aliphatic heterocycles. The summed E-state index contributed by atoms with van der Waals surface area (Å²) in [5.74, 6) is 0.169. The fourth-order valence-corrected chi connectivity index (χ4v) is 3.06. The number of unbranched alkanes of at least 4 members (excludes halogenated alkanes) is 2. The number of phenolic OH excluding ortho intramolecular Hbond substituents is 1. The van der Waals surface area contributed by atoms with Crippen molar-refractivity contribution < 1.29 is 5.11 Å². The summed E-state index contributed by atoms with van der Waals surface area (Å²) in [6.07, 6.45) is 4.91. The van der Waals surface area contributed by atoms with Crippen molar-refractivity contribution in [3.05, 3.63) is 28.8 Å². The molecule has 1 aliphatic rings. The van der Waals surface area contributed by atoms with Crippen molar-refractivity contribution in [2.75, 3.05) is 26.2 Å². The van der Waals surface area contributed by atoms with E-state index in [-0.39, 0.29) is 5.75 Å². The molecule has 0 amide bonds. The SMILES string of the molecule is CCCCC[C@H](c1ccc(O)c(Cl)c1)N1CCNCC1. The van der Waals surface area contributed by atoms with Crippen molar-refractivity contribution in [3.63, 3.8) is 0 Å². The van der Waals surface area contributed by atoms with Crippen molar-refractivity contribution in [1.29, 1.82) is 0 Å². The molecule has 1 atom stereocenters. The fourth-order valence-electron chi connectivity index (χ4n) is 2.87. The number of phenols is 1. The van der Waals surface area contributed by atoms with Gasteiger partial charge in [0.25, 0.3) is 0 Å². The number of rotatable bonds is 6. The first-order valence-corrected chi connectivity index (χ1v) is 8.03. The van der Waals surface area contributed by atoms with Crippen LogP contribution in [0.1, 0.15) is 44.2 Å². The molecule has 0 unspecified atom stereocenters. The van der Waals surface area contributed by atoms with Gasteiger partial charge in [-0.05, 0) is 24.1 Å². The van der Waals surface area contributed by atoms with Crippen LogP contribution in [0.3, 0.4) is 0 Å². The van der Waals surface area contributed by atoms with Crippen LogP contribution >= 0.6 is 11.6 Å². The zero-order chi connectivity index (χ0) is 14.4. The summed E-state index contributed by atoms with van der Waals surface area (Å²) < 4.78 is 0. The highest BCUT2D eigenvalue weighted by molar-refractivity contribution is 6.32. The second-order valence-electron chi connectivity index (χ2n) is 5.51. The molecule has 0 aromatic heterocycles. The molecule has 0 aliphatic carbocycles. The Morgan fingerprint density at radius 3 is 2.70 bits per heavy atom. The molecule has 0 radical (unpaired) electrons. The van der Waals surface area contributed by atoms with Crippen molar-refractivity contribution >= 4 is 11.6 Å². The van der Waals surface area contributed by atoms with Crippen molar-refractivity contribution in [3.8, 4) is 5.75 Å². The lowest BCUT2D eigenvalue weighted by Gasteiger charge is -2.35. The first kappa shape index (κ1) is 15.6. The lowest BCUT2D eigenvalue weighted by Crippen LogP contribution is -2.45. The van der Waals surface area contributed by atoms with Crippen LogP contribution in [-0.4, -0.2) is 36.2 Å². The summed E-state index contributed by atoms with van der Waals surface area (Å²) in [5, 5.41) is 13.5. The average Bonchev–Trinajstić information content (AvgIpc) is 2.48. The number of benzene rings is 1. The largest absolute Gasteiger partial charge is 0.506 e. The van der Waals surface area contributed by atoms with Crippen LogP contribution in [0.5, 0.6) is 5.75 Å². The quantitative estimate of drug-likeness (QED) is 0.788. The van der Waals surface area contributed by atoms with Gasteiger partial charge >= 0.3 is 0 Å². The Bertz CT molecular complexity index is 419. The van der Waals surface area contributed by atoms with Gasteiger partial charge in [-0.3, -0.25) is 4.90 Å². The molecule has 2 N–H and O–H groups in total. The predicted molar refractivity (Wildman–Crippen MR) is 84.4 cm³/mol. The minimum absolute atomic E-state index is 0.169. The minimum atomic E-state index is 0.169. The maximum absolute atomic E-state index is 9.59. The third-order valence-electron chi connectivity index (χ3n) is 4.03. The van der Waals surface area contributed by atoms with Crippen LogP contribution in [-0.2, 0) is 0 Å². The van der Waals surface area contributed by atoms with Crippen LogP contribution in [0.2, 0.25) is 5.02 Å². The number of piperazine rings is 1. The van der Waals surface area contributed by atoms with E-state index < -0.39 is 0 Å². The number of halogens is 1. The molecular weight excluding hydrogens is 272 g/mol. The van der Waals surface area contributed by atoms with Gasteiger partial charge in [-0.15, -0.1) is 0 Å².